The fraction of sp³-hybridized carbons (Fsp3) is 0.150. The maximum atomic E-state index is 12.6. The molecule has 1 amide bonds. The molecular formula is C20H18ClN3OS. The lowest BCUT2D eigenvalue weighted by Crippen LogP contribution is -2.15. The number of benzene rings is 2. The number of thioether (sulfide) groups is 1. The third-order valence-electron chi connectivity index (χ3n) is 3.95. The molecule has 0 bridgehead atoms. The van der Waals surface area contributed by atoms with Crippen molar-refractivity contribution in [2.75, 3.05) is 5.32 Å². The molecule has 0 spiro atoms. The largest absolute Gasteiger partial charge is 0.320 e. The van der Waals surface area contributed by atoms with Crippen molar-refractivity contribution in [2.45, 2.75) is 24.8 Å². The number of amides is 1. The van der Waals surface area contributed by atoms with E-state index in [0.717, 1.165) is 17.0 Å². The monoisotopic (exact) mass is 383 g/mol. The maximum absolute atomic E-state index is 12.6. The highest BCUT2D eigenvalue weighted by Gasteiger charge is 2.15. The van der Waals surface area contributed by atoms with Crippen LogP contribution in [0, 0.1) is 13.8 Å². The average Bonchev–Trinajstić information content (AvgIpc) is 2.64. The predicted molar refractivity (Wildman–Crippen MR) is 107 cm³/mol. The molecule has 1 aromatic heterocycles. The number of aryl methyl sites for hydroxylation is 2. The molecule has 1 N–H and O–H groups in total. The molecule has 0 saturated heterocycles. The summed E-state index contributed by atoms with van der Waals surface area (Å²) < 4.78 is 0. The van der Waals surface area contributed by atoms with E-state index in [4.69, 9.17) is 11.6 Å². The third-order valence-corrected chi connectivity index (χ3v) is 5.14. The van der Waals surface area contributed by atoms with Crippen molar-refractivity contribution in [3.05, 3.63) is 82.1 Å². The van der Waals surface area contributed by atoms with E-state index in [0.29, 0.717) is 5.16 Å². The summed E-state index contributed by atoms with van der Waals surface area (Å²) in [6.07, 6.45) is 1.47. The van der Waals surface area contributed by atoms with Gasteiger partial charge in [0.2, 0.25) is 0 Å². The van der Waals surface area contributed by atoms with Crippen LogP contribution in [0.1, 0.15) is 27.2 Å². The lowest BCUT2D eigenvalue weighted by molar-refractivity contribution is 0.102. The van der Waals surface area contributed by atoms with E-state index in [1.54, 1.807) is 0 Å². The van der Waals surface area contributed by atoms with Crippen molar-refractivity contribution in [3.8, 4) is 0 Å². The van der Waals surface area contributed by atoms with Crippen molar-refractivity contribution in [3.63, 3.8) is 0 Å². The number of carbonyl (C=O) groups excluding carboxylic acids is 1. The molecule has 0 fully saturated rings. The second-order valence-electron chi connectivity index (χ2n) is 5.83. The summed E-state index contributed by atoms with van der Waals surface area (Å²) in [6, 6.07) is 15.7. The Morgan fingerprint density at radius 3 is 2.50 bits per heavy atom. The van der Waals surface area contributed by atoms with Gasteiger partial charge in [0.05, 0.1) is 11.2 Å². The fourth-order valence-corrected chi connectivity index (χ4v) is 3.46. The van der Waals surface area contributed by atoms with Gasteiger partial charge in [-0.15, -0.1) is 0 Å². The Bertz CT molecular complexity index is 946. The van der Waals surface area contributed by atoms with Gasteiger partial charge in [-0.05, 0) is 36.6 Å². The van der Waals surface area contributed by atoms with Gasteiger partial charge < -0.3 is 5.32 Å². The molecule has 0 aliphatic rings. The molecule has 4 nitrogen and oxygen atoms in total. The Morgan fingerprint density at radius 2 is 1.77 bits per heavy atom. The van der Waals surface area contributed by atoms with Crippen molar-refractivity contribution in [1.82, 2.24) is 9.97 Å². The molecule has 3 aromatic rings. The SMILES string of the molecule is Cc1ccccc1CSc1ncc(Cl)c(C(=O)Nc2ccccc2C)n1. The minimum atomic E-state index is -0.343. The summed E-state index contributed by atoms with van der Waals surface area (Å²) >= 11 is 7.62. The first kappa shape index (κ1) is 18.4. The van der Waals surface area contributed by atoms with Crippen LogP contribution in [0.15, 0.2) is 59.9 Å². The van der Waals surface area contributed by atoms with Gasteiger partial charge in [-0.25, -0.2) is 9.97 Å². The molecule has 0 atom stereocenters. The van der Waals surface area contributed by atoms with Gasteiger partial charge in [0.15, 0.2) is 10.9 Å². The summed E-state index contributed by atoms with van der Waals surface area (Å²) in [5.41, 5.74) is 4.31. The van der Waals surface area contributed by atoms with Gasteiger partial charge in [-0.2, -0.15) is 0 Å². The van der Waals surface area contributed by atoms with Gasteiger partial charge in [0.25, 0.3) is 5.91 Å². The van der Waals surface area contributed by atoms with Crippen LogP contribution in [0.4, 0.5) is 5.69 Å². The van der Waals surface area contributed by atoms with E-state index < -0.39 is 0 Å². The van der Waals surface area contributed by atoms with Crippen LogP contribution in [-0.2, 0) is 5.75 Å². The Kier molecular flexibility index (Phi) is 5.91. The Morgan fingerprint density at radius 1 is 1.08 bits per heavy atom. The summed E-state index contributed by atoms with van der Waals surface area (Å²) in [5.74, 6) is 0.386. The Balaban J connectivity index is 1.76. The minimum absolute atomic E-state index is 0.178. The topological polar surface area (TPSA) is 54.9 Å². The molecule has 0 unspecified atom stereocenters. The summed E-state index contributed by atoms with van der Waals surface area (Å²) in [6.45, 7) is 4.00. The molecule has 26 heavy (non-hydrogen) atoms. The van der Waals surface area contributed by atoms with E-state index >= 15 is 0 Å². The Labute approximate surface area is 162 Å². The number of anilines is 1. The molecule has 0 saturated carbocycles. The highest BCUT2D eigenvalue weighted by atomic mass is 35.5. The van der Waals surface area contributed by atoms with Gasteiger partial charge in [-0.3, -0.25) is 4.79 Å². The number of para-hydroxylation sites is 1. The first-order valence-corrected chi connectivity index (χ1v) is 9.48. The molecule has 0 aliphatic heterocycles. The van der Waals surface area contributed by atoms with Crippen molar-refractivity contribution >= 4 is 35.0 Å². The molecule has 132 valence electrons. The van der Waals surface area contributed by atoms with Gasteiger partial charge >= 0.3 is 0 Å². The highest BCUT2D eigenvalue weighted by Crippen LogP contribution is 2.24. The normalized spacial score (nSPS) is 10.6. The first-order chi connectivity index (χ1) is 12.5. The number of halogens is 1. The number of rotatable bonds is 5. The predicted octanol–water partition coefficient (Wildman–Crippen LogP) is 5.29. The van der Waals surface area contributed by atoms with Crippen LogP contribution in [-0.4, -0.2) is 15.9 Å². The number of carbonyl (C=O) groups is 1. The number of nitrogens with one attached hydrogen (secondary N) is 1. The molecule has 0 radical (unpaired) electrons. The van der Waals surface area contributed by atoms with Crippen molar-refractivity contribution in [1.29, 1.82) is 0 Å². The highest BCUT2D eigenvalue weighted by molar-refractivity contribution is 7.98. The number of aromatic nitrogens is 2. The number of hydrogen-bond acceptors (Lipinski definition) is 4. The van der Waals surface area contributed by atoms with Gasteiger partial charge in [0, 0.05) is 11.4 Å². The lowest BCUT2D eigenvalue weighted by atomic mass is 10.1. The third kappa shape index (κ3) is 4.42. The summed E-state index contributed by atoms with van der Waals surface area (Å²) in [7, 11) is 0. The van der Waals surface area contributed by atoms with Crippen LogP contribution in [0.3, 0.4) is 0 Å². The summed E-state index contributed by atoms with van der Waals surface area (Å²) in [5, 5.41) is 3.61. The van der Waals surface area contributed by atoms with Gasteiger partial charge in [-0.1, -0.05) is 65.8 Å². The number of nitrogens with zero attached hydrogens (tertiary/aromatic N) is 2. The van der Waals surface area contributed by atoms with Crippen LogP contribution in [0.2, 0.25) is 5.02 Å². The fourth-order valence-electron chi connectivity index (χ4n) is 2.39. The Hall–Kier alpha value is -2.37. The second kappa shape index (κ2) is 8.34. The van der Waals surface area contributed by atoms with Gasteiger partial charge in [0.1, 0.15) is 0 Å². The van der Waals surface area contributed by atoms with Crippen LogP contribution >= 0.6 is 23.4 Å². The quantitative estimate of drug-likeness (QED) is 0.480. The molecule has 2 aromatic carbocycles. The molecule has 3 rings (SSSR count). The second-order valence-corrected chi connectivity index (χ2v) is 7.18. The molecule has 6 heteroatoms. The number of hydrogen-bond donors (Lipinski definition) is 1. The summed E-state index contributed by atoms with van der Waals surface area (Å²) in [4.78, 5) is 21.2. The minimum Gasteiger partial charge on any atom is -0.320 e. The van der Waals surface area contributed by atoms with E-state index in [1.807, 2.05) is 43.3 Å². The zero-order valence-corrected chi connectivity index (χ0v) is 16.1. The van der Waals surface area contributed by atoms with E-state index in [1.165, 1.54) is 29.1 Å². The van der Waals surface area contributed by atoms with Crippen LogP contribution in [0.5, 0.6) is 0 Å². The zero-order valence-electron chi connectivity index (χ0n) is 14.5. The average molecular weight is 384 g/mol. The van der Waals surface area contributed by atoms with E-state index in [9.17, 15) is 4.79 Å². The van der Waals surface area contributed by atoms with Crippen LogP contribution in [0.25, 0.3) is 0 Å². The molecular weight excluding hydrogens is 366 g/mol. The first-order valence-electron chi connectivity index (χ1n) is 8.11. The van der Waals surface area contributed by atoms with E-state index in [2.05, 4.69) is 34.3 Å². The smallest absolute Gasteiger partial charge is 0.275 e. The standard InChI is InChI=1S/C20H18ClN3OS/c1-13-7-3-5-9-15(13)12-26-20-22-11-16(21)18(24-20)19(25)23-17-10-6-4-8-14(17)2/h3-11H,12H2,1-2H3,(H,23,25). The lowest BCUT2D eigenvalue weighted by Gasteiger charge is -2.09. The van der Waals surface area contributed by atoms with Crippen molar-refractivity contribution in [2.24, 2.45) is 0 Å². The van der Waals surface area contributed by atoms with E-state index in [-0.39, 0.29) is 16.6 Å². The zero-order chi connectivity index (χ0) is 18.5. The molecule has 0 aliphatic carbocycles. The molecule has 1 heterocycles. The van der Waals surface area contributed by atoms with Crippen LogP contribution < -0.4 is 5.32 Å². The maximum Gasteiger partial charge on any atom is 0.275 e. The van der Waals surface area contributed by atoms with Crippen molar-refractivity contribution < 1.29 is 4.79 Å².